The molecule has 2 aromatic carbocycles. The normalized spacial score (nSPS) is 15.8. The molecule has 156 valence electrons. The summed E-state index contributed by atoms with van der Waals surface area (Å²) in [5, 5.41) is 0.189. The van der Waals surface area contributed by atoms with E-state index in [1.54, 1.807) is 18.2 Å². The van der Waals surface area contributed by atoms with Crippen LogP contribution in [0.25, 0.3) is 17.4 Å². The molecule has 3 aromatic rings. The number of nitrogens with zero attached hydrogens (tertiary/aromatic N) is 2. The minimum Gasteiger partial charge on any atom is -0.457 e. The molecule has 2 heterocycles. The topological polar surface area (TPSA) is 53.8 Å². The van der Waals surface area contributed by atoms with Gasteiger partial charge in [-0.25, -0.2) is 0 Å². The van der Waals surface area contributed by atoms with E-state index in [4.69, 9.17) is 16.6 Å². The molecule has 7 heteroatoms. The van der Waals surface area contributed by atoms with Crippen molar-refractivity contribution in [2.75, 3.05) is 11.4 Å². The summed E-state index contributed by atoms with van der Waals surface area (Å²) in [4.78, 5) is 29.3. The average molecular weight is 495 g/mol. The number of furan rings is 1. The van der Waals surface area contributed by atoms with Crippen molar-refractivity contribution in [3.8, 4) is 11.3 Å². The second-order valence-corrected chi connectivity index (χ2v) is 8.27. The second kappa shape index (κ2) is 8.99. The first-order valence-corrected chi connectivity index (χ1v) is 11.0. The van der Waals surface area contributed by atoms with Gasteiger partial charge in [0.2, 0.25) is 0 Å². The molecule has 1 aliphatic heterocycles. The highest BCUT2D eigenvalue weighted by Crippen LogP contribution is 2.29. The van der Waals surface area contributed by atoms with Gasteiger partial charge in [0.05, 0.1) is 5.69 Å². The molecule has 0 spiro atoms. The van der Waals surface area contributed by atoms with Gasteiger partial charge in [-0.15, -0.1) is 0 Å². The quantitative estimate of drug-likeness (QED) is 0.260. The number of thiocarbonyl (C=S) groups is 1. The van der Waals surface area contributed by atoms with Gasteiger partial charge in [0, 0.05) is 16.6 Å². The highest BCUT2D eigenvalue weighted by atomic mass is 79.9. The van der Waals surface area contributed by atoms with Crippen molar-refractivity contribution < 1.29 is 14.0 Å². The Kier molecular flexibility index (Phi) is 6.15. The summed E-state index contributed by atoms with van der Waals surface area (Å²) >= 11 is 8.95. The van der Waals surface area contributed by atoms with E-state index in [0.29, 0.717) is 30.2 Å². The largest absolute Gasteiger partial charge is 0.457 e. The van der Waals surface area contributed by atoms with Crippen molar-refractivity contribution in [2.45, 2.75) is 13.3 Å². The molecule has 1 aromatic heterocycles. The maximum atomic E-state index is 13.3. The first-order chi connectivity index (χ1) is 15.0. The Morgan fingerprint density at radius 3 is 2.48 bits per heavy atom. The SMILES string of the molecule is CCCN1C(=O)/C(=C\c2ccc(-c3cccc(Br)c3)o2)C(=O)N(c2ccccc2)C1=S. The summed E-state index contributed by atoms with van der Waals surface area (Å²) in [5.41, 5.74) is 1.52. The molecule has 0 aliphatic carbocycles. The fourth-order valence-corrected chi connectivity index (χ4v) is 4.13. The first-order valence-electron chi connectivity index (χ1n) is 9.82. The standard InChI is InChI=1S/C24H19BrN2O3S/c1-2-13-26-22(28)20(23(29)27(24(26)31)18-9-4-3-5-10-18)15-19-11-12-21(30-19)16-7-6-8-17(25)14-16/h3-12,14-15H,2,13H2,1H3/b20-15+. The molecule has 5 nitrogen and oxygen atoms in total. The lowest BCUT2D eigenvalue weighted by atomic mass is 10.1. The third kappa shape index (κ3) is 4.24. The van der Waals surface area contributed by atoms with Crippen LogP contribution in [0, 0.1) is 0 Å². The van der Waals surface area contributed by atoms with Gasteiger partial charge in [0.15, 0.2) is 5.11 Å². The molecule has 1 fully saturated rings. The van der Waals surface area contributed by atoms with Gasteiger partial charge in [-0.3, -0.25) is 19.4 Å². The molecule has 31 heavy (non-hydrogen) atoms. The zero-order valence-corrected chi connectivity index (χ0v) is 19.2. The monoisotopic (exact) mass is 494 g/mol. The van der Waals surface area contributed by atoms with Gasteiger partial charge in [0.25, 0.3) is 11.8 Å². The van der Waals surface area contributed by atoms with Crippen LogP contribution >= 0.6 is 28.1 Å². The van der Waals surface area contributed by atoms with Crippen LogP contribution in [0.5, 0.6) is 0 Å². The second-order valence-electron chi connectivity index (χ2n) is 6.99. The number of anilines is 1. The lowest BCUT2D eigenvalue weighted by molar-refractivity contribution is -0.127. The molecule has 0 bridgehead atoms. The van der Waals surface area contributed by atoms with Gasteiger partial charge in [0.1, 0.15) is 17.1 Å². The van der Waals surface area contributed by atoms with Gasteiger partial charge in [-0.05, 0) is 61.1 Å². The van der Waals surface area contributed by atoms with Crippen molar-refractivity contribution in [3.05, 3.63) is 82.5 Å². The minimum absolute atomic E-state index is 0.0149. The highest BCUT2D eigenvalue weighted by molar-refractivity contribution is 9.10. The fourth-order valence-electron chi connectivity index (χ4n) is 3.37. The molecule has 2 amide bonds. The summed E-state index contributed by atoms with van der Waals surface area (Å²) in [5.74, 6) is 0.187. The van der Waals surface area contributed by atoms with Crippen molar-refractivity contribution in [1.82, 2.24) is 4.90 Å². The van der Waals surface area contributed by atoms with E-state index in [0.717, 1.165) is 10.0 Å². The Hall–Kier alpha value is -3.03. The van der Waals surface area contributed by atoms with Crippen molar-refractivity contribution in [2.24, 2.45) is 0 Å². The van der Waals surface area contributed by atoms with E-state index in [2.05, 4.69) is 15.9 Å². The predicted octanol–water partition coefficient (Wildman–Crippen LogP) is 5.66. The lowest BCUT2D eigenvalue weighted by Gasteiger charge is -2.36. The maximum Gasteiger partial charge on any atom is 0.270 e. The van der Waals surface area contributed by atoms with E-state index in [-0.39, 0.29) is 10.7 Å². The number of rotatable bonds is 5. The van der Waals surface area contributed by atoms with Crippen LogP contribution in [0.15, 0.2) is 81.2 Å². The van der Waals surface area contributed by atoms with Crippen LogP contribution in [-0.4, -0.2) is 28.4 Å². The zero-order valence-electron chi connectivity index (χ0n) is 16.7. The number of carbonyl (C=O) groups is 2. The third-order valence-corrected chi connectivity index (χ3v) is 5.71. The summed E-state index contributed by atoms with van der Waals surface area (Å²) < 4.78 is 6.85. The van der Waals surface area contributed by atoms with Crippen LogP contribution in [0.2, 0.25) is 0 Å². The first kappa shape index (κ1) is 21.2. The molecular formula is C24H19BrN2O3S. The summed E-state index contributed by atoms with van der Waals surface area (Å²) in [6.07, 6.45) is 2.20. The van der Waals surface area contributed by atoms with Crippen molar-refractivity contribution in [1.29, 1.82) is 0 Å². The van der Waals surface area contributed by atoms with Crippen LogP contribution < -0.4 is 4.90 Å². The summed E-state index contributed by atoms with van der Waals surface area (Å²) in [7, 11) is 0. The summed E-state index contributed by atoms with van der Waals surface area (Å²) in [6.45, 7) is 2.38. The summed E-state index contributed by atoms with van der Waals surface area (Å²) in [6, 6.07) is 20.4. The van der Waals surface area contributed by atoms with E-state index >= 15 is 0 Å². The Bertz CT molecular complexity index is 1190. The number of hydrogen-bond donors (Lipinski definition) is 0. The Morgan fingerprint density at radius 1 is 1.00 bits per heavy atom. The van der Waals surface area contributed by atoms with Gasteiger partial charge in [-0.1, -0.05) is 53.2 Å². The van der Waals surface area contributed by atoms with Gasteiger partial charge >= 0.3 is 0 Å². The number of para-hydroxylation sites is 1. The molecule has 1 aliphatic rings. The Labute approximate surface area is 194 Å². The van der Waals surface area contributed by atoms with Gasteiger partial charge in [-0.2, -0.15) is 0 Å². The van der Waals surface area contributed by atoms with Crippen LogP contribution in [0.3, 0.4) is 0 Å². The molecule has 0 N–H and O–H groups in total. The predicted molar refractivity (Wildman–Crippen MR) is 128 cm³/mol. The van der Waals surface area contributed by atoms with Crippen LogP contribution in [-0.2, 0) is 9.59 Å². The molecular weight excluding hydrogens is 476 g/mol. The molecule has 0 atom stereocenters. The third-order valence-electron chi connectivity index (χ3n) is 4.82. The number of benzene rings is 2. The maximum absolute atomic E-state index is 13.3. The Balaban J connectivity index is 1.73. The Morgan fingerprint density at radius 2 is 1.77 bits per heavy atom. The highest BCUT2D eigenvalue weighted by Gasteiger charge is 2.40. The molecule has 4 rings (SSSR count). The molecule has 0 unspecified atom stereocenters. The fraction of sp³-hybridized carbons (Fsp3) is 0.125. The minimum atomic E-state index is -0.464. The van der Waals surface area contributed by atoms with E-state index < -0.39 is 11.8 Å². The van der Waals surface area contributed by atoms with Crippen LogP contribution in [0.4, 0.5) is 5.69 Å². The molecule has 0 radical (unpaired) electrons. The average Bonchev–Trinajstić information content (AvgIpc) is 3.24. The number of hydrogen-bond acceptors (Lipinski definition) is 4. The number of amides is 2. The zero-order chi connectivity index (χ0) is 22.0. The molecule has 0 saturated carbocycles. The number of halogens is 1. The van der Waals surface area contributed by atoms with E-state index in [9.17, 15) is 9.59 Å². The van der Waals surface area contributed by atoms with Gasteiger partial charge < -0.3 is 4.42 Å². The van der Waals surface area contributed by atoms with Crippen molar-refractivity contribution >= 4 is 56.8 Å². The van der Waals surface area contributed by atoms with Crippen LogP contribution in [0.1, 0.15) is 19.1 Å². The smallest absolute Gasteiger partial charge is 0.270 e. The van der Waals surface area contributed by atoms with E-state index in [1.165, 1.54) is 15.9 Å². The van der Waals surface area contributed by atoms with Crippen molar-refractivity contribution in [3.63, 3.8) is 0 Å². The van der Waals surface area contributed by atoms with E-state index in [1.807, 2.05) is 55.5 Å². The lowest BCUT2D eigenvalue weighted by Crippen LogP contribution is -2.56. The molecule has 1 saturated heterocycles. The number of carbonyl (C=O) groups excluding carboxylic acids is 2.